The van der Waals surface area contributed by atoms with Gasteiger partial charge in [-0.05, 0) is 37.1 Å². The van der Waals surface area contributed by atoms with E-state index >= 15 is 0 Å². The van der Waals surface area contributed by atoms with Crippen LogP contribution in [0.25, 0.3) is 0 Å². The van der Waals surface area contributed by atoms with Gasteiger partial charge in [0.05, 0.1) is 11.5 Å². The molecule has 0 aromatic heterocycles. The van der Waals surface area contributed by atoms with Crippen LogP contribution in [-0.2, 0) is 14.6 Å². The zero-order chi connectivity index (χ0) is 14.6. The lowest BCUT2D eigenvalue weighted by Crippen LogP contribution is -2.33. The topological polar surface area (TPSA) is 55.4 Å². The van der Waals surface area contributed by atoms with Crippen LogP contribution in [0.1, 0.15) is 31.4 Å². The van der Waals surface area contributed by atoms with Gasteiger partial charge in [0.1, 0.15) is 0 Å². The van der Waals surface area contributed by atoms with Crippen LogP contribution in [0.3, 0.4) is 0 Å². The molecule has 2 atom stereocenters. The molecule has 2 rings (SSSR count). The average Bonchev–Trinajstić information content (AvgIpc) is 2.45. The molecule has 0 bridgehead atoms. The predicted molar refractivity (Wildman–Crippen MR) is 79.5 cm³/mol. The highest BCUT2D eigenvalue weighted by molar-refractivity contribution is 7.90. The van der Waals surface area contributed by atoms with E-state index in [-0.39, 0.29) is 6.04 Å². The molecule has 0 amide bonds. The second kappa shape index (κ2) is 6.70. The van der Waals surface area contributed by atoms with E-state index < -0.39 is 9.84 Å². The largest absolute Gasteiger partial charge is 0.381 e. The molecule has 1 aromatic rings. The molecule has 1 heterocycles. The molecule has 1 N–H and O–H groups in total. The minimum Gasteiger partial charge on any atom is -0.381 e. The molecule has 1 aliphatic rings. The van der Waals surface area contributed by atoms with Gasteiger partial charge in [0, 0.05) is 24.8 Å². The molecule has 1 aromatic carbocycles. The van der Waals surface area contributed by atoms with E-state index in [2.05, 4.69) is 12.2 Å². The third-order valence-electron chi connectivity index (χ3n) is 3.74. The average molecular weight is 297 g/mol. The lowest BCUT2D eigenvalue weighted by atomic mass is 9.88. The van der Waals surface area contributed by atoms with Crippen molar-refractivity contribution in [1.82, 2.24) is 5.32 Å². The van der Waals surface area contributed by atoms with Crippen molar-refractivity contribution in [2.24, 2.45) is 5.92 Å². The van der Waals surface area contributed by atoms with Gasteiger partial charge < -0.3 is 10.1 Å². The Morgan fingerprint density at radius 1 is 1.45 bits per heavy atom. The van der Waals surface area contributed by atoms with Crippen LogP contribution in [0.2, 0.25) is 0 Å². The lowest BCUT2D eigenvalue weighted by Gasteiger charge is -2.31. The van der Waals surface area contributed by atoms with Crippen LogP contribution in [0.4, 0.5) is 0 Å². The van der Waals surface area contributed by atoms with E-state index in [9.17, 15) is 8.42 Å². The third kappa shape index (κ3) is 3.81. The summed E-state index contributed by atoms with van der Waals surface area (Å²) in [6, 6.07) is 7.41. The molecular formula is C15H23NO3S. The fourth-order valence-electron chi connectivity index (χ4n) is 2.74. The van der Waals surface area contributed by atoms with Crippen molar-refractivity contribution in [1.29, 1.82) is 0 Å². The van der Waals surface area contributed by atoms with Gasteiger partial charge in [-0.25, -0.2) is 8.42 Å². The van der Waals surface area contributed by atoms with Gasteiger partial charge in [0.15, 0.2) is 9.84 Å². The van der Waals surface area contributed by atoms with Crippen molar-refractivity contribution in [3.05, 3.63) is 29.8 Å². The predicted octanol–water partition coefficient (Wildman–Crippen LogP) is 2.17. The van der Waals surface area contributed by atoms with Gasteiger partial charge in [0.2, 0.25) is 0 Å². The minimum atomic E-state index is -3.16. The van der Waals surface area contributed by atoms with E-state index in [0.29, 0.717) is 10.8 Å². The van der Waals surface area contributed by atoms with Crippen LogP contribution in [0.15, 0.2) is 29.2 Å². The minimum absolute atomic E-state index is 0.155. The number of sulfone groups is 1. The maximum atomic E-state index is 11.7. The van der Waals surface area contributed by atoms with Gasteiger partial charge in [0.25, 0.3) is 0 Å². The zero-order valence-electron chi connectivity index (χ0n) is 12.1. The summed E-state index contributed by atoms with van der Waals surface area (Å²) in [6.07, 6.45) is 3.43. The Morgan fingerprint density at radius 2 is 2.25 bits per heavy atom. The van der Waals surface area contributed by atoms with E-state index in [0.717, 1.165) is 38.2 Å². The second-order valence-electron chi connectivity index (χ2n) is 5.36. The molecule has 1 saturated heterocycles. The SMILES string of the molecule is CCNC(c1cccc(S(C)(=O)=O)c1)C1CCCOC1. The number of rotatable bonds is 5. The Balaban J connectivity index is 2.28. The Morgan fingerprint density at radius 3 is 2.85 bits per heavy atom. The maximum absolute atomic E-state index is 11.7. The molecule has 2 unspecified atom stereocenters. The first-order chi connectivity index (χ1) is 9.52. The molecule has 1 aliphatic heterocycles. The summed E-state index contributed by atoms with van der Waals surface area (Å²) in [5, 5.41) is 3.47. The number of ether oxygens (including phenoxy) is 1. The van der Waals surface area contributed by atoms with Crippen LogP contribution in [0.5, 0.6) is 0 Å². The summed E-state index contributed by atoms with van der Waals surface area (Å²) in [7, 11) is -3.16. The fraction of sp³-hybridized carbons (Fsp3) is 0.600. The molecular weight excluding hydrogens is 274 g/mol. The smallest absolute Gasteiger partial charge is 0.175 e. The molecule has 0 spiro atoms. The van der Waals surface area contributed by atoms with Gasteiger partial charge >= 0.3 is 0 Å². The summed E-state index contributed by atoms with van der Waals surface area (Å²) in [5.41, 5.74) is 1.03. The standard InChI is InChI=1S/C15H23NO3S/c1-3-16-15(13-7-5-9-19-11-13)12-6-4-8-14(10-12)20(2,17)18/h4,6,8,10,13,15-16H,3,5,7,9,11H2,1-2H3. The Hall–Kier alpha value is -0.910. The Labute approximate surface area is 121 Å². The number of hydrogen-bond donors (Lipinski definition) is 1. The van der Waals surface area contributed by atoms with E-state index in [1.165, 1.54) is 6.26 Å². The van der Waals surface area contributed by atoms with Crippen molar-refractivity contribution >= 4 is 9.84 Å². The summed E-state index contributed by atoms with van der Waals surface area (Å²) < 4.78 is 29.0. The molecule has 0 saturated carbocycles. The van der Waals surface area contributed by atoms with Crippen LogP contribution in [-0.4, -0.2) is 34.4 Å². The first kappa shape index (κ1) is 15.5. The van der Waals surface area contributed by atoms with Gasteiger partial charge in [-0.1, -0.05) is 19.1 Å². The highest BCUT2D eigenvalue weighted by atomic mass is 32.2. The van der Waals surface area contributed by atoms with E-state index in [4.69, 9.17) is 4.74 Å². The number of nitrogens with one attached hydrogen (secondary N) is 1. The van der Waals surface area contributed by atoms with Crippen molar-refractivity contribution in [3.8, 4) is 0 Å². The van der Waals surface area contributed by atoms with Crippen LogP contribution >= 0.6 is 0 Å². The molecule has 0 radical (unpaired) electrons. The summed E-state index contributed by atoms with van der Waals surface area (Å²) in [5.74, 6) is 0.401. The van der Waals surface area contributed by atoms with Crippen molar-refractivity contribution in [2.45, 2.75) is 30.7 Å². The lowest BCUT2D eigenvalue weighted by molar-refractivity contribution is 0.0392. The van der Waals surface area contributed by atoms with Crippen LogP contribution < -0.4 is 5.32 Å². The highest BCUT2D eigenvalue weighted by Crippen LogP contribution is 2.29. The maximum Gasteiger partial charge on any atom is 0.175 e. The zero-order valence-corrected chi connectivity index (χ0v) is 12.9. The number of hydrogen-bond acceptors (Lipinski definition) is 4. The van der Waals surface area contributed by atoms with E-state index in [1.54, 1.807) is 12.1 Å². The van der Waals surface area contributed by atoms with Crippen LogP contribution in [0, 0.1) is 5.92 Å². The third-order valence-corrected chi connectivity index (χ3v) is 4.85. The number of benzene rings is 1. The first-order valence-electron chi connectivity index (χ1n) is 7.13. The van der Waals surface area contributed by atoms with Gasteiger partial charge in [-0.2, -0.15) is 0 Å². The monoisotopic (exact) mass is 297 g/mol. The summed E-state index contributed by atoms with van der Waals surface area (Å²) in [4.78, 5) is 0.384. The first-order valence-corrected chi connectivity index (χ1v) is 9.02. The van der Waals surface area contributed by atoms with E-state index in [1.807, 2.05) is 12.1 Å². The molecule has 0 aliphatic carbocycles. The summed E-state index contributed by atoms with van der Waals surface area (Å²) in [6.45, 7) is 4.49. The quantitative estimate of drug-likeness (QED) is 0.905. The molecule has 1 fully saturated rings. The van der Waals surface area contributed by atoms with Gasteiger partial charge in [-0.15, -0.1) is 0 Å². The molecule has 112 valence electrons. The summed E-state index contributed by atoms with van der Waals surface area (Å²) >= 11 is 0. The highest BCUT2D eigenvalue weighted by Gasteiger charge is 2.25. The van der Waals surface area contributed by atoms with Gasteiger partial charge in [-0.3, -0.25) is 0 Å². The molecule has 4 nitrogen and oxygen atoms in total. The molecule has 5 heteroatoms. The Kier molecular flexibility index (Phi) is 5.18. The van der Waals surface area contributed by atoms with Crippen molar-refractivity contribution in [3.63, 3.8) is 0 Å². The van der Waals surface area contributed by atoms with Crippen molar-refractivity contribution in [2.75, 3.05) is 26.0 Å². The van der Waals surface area contributed by atoms with Crippen molar-refractivity contribution < 1.29 is 13.2 Å². The fourth-order valence-corrected chi connectivity index (χ4v) is 3.42. The molecule has 20 heavy (non-hydrogen) atoms. The normalized spacial score (nSPS) is 21.6. The second-order valence-corrected chi connectivity index (χ2v) is 7.37. The Bertz CT molecular complexity index is 536.